The van der Waals surface area contributed by atoms with E-state index in [9.17, 15) is 14.7 Å². The van der Waals surface area contributed by atoms with Crippen molar-refractivity contribution in [3.8, 4) is 5.75 Å². The molecular formula is C15H15NO4S. The third-order valence-electron chi connectivity index (χ3n) is 3.05. The Balaban J connectivity index is 2.19. The Bertz CT molecular complexity index is 706. The largest absolute Gasteiger partial charge is 0.507 e. The highest BCUT2D eigenvalue weighted by molar-refractivity contribution is 7.14. The number of aryl methyl sites for hydroxylation is 2. The minimum Gasteiger partial charge on any atom is -0.507 e. The van der Waals surface area contributed by atoms with Gasteiger partial charge in [0.25, 0.3) is 5.91 Å². The predicted molar refractivity (Wildman–Crippen MR) is 81.5 cm³/mol. The van der Waals surface area contributed by atoms with Gasteiger partial charge in [-0.15, -0.1) is 11.3 Å². The number of nitrogens with one attached hydrogen (secondary N) is 1. The molecule has 0 aliphatic heterocycles. The number of carbonyl (C=O) groups is 2. The maximum Gasteiger partial charge on any atom is 0.339 e. The maximum absolute atomic E-state index is 12.1. The molecule has 0 radical (unpaired) electrons. The number of aromatic carboxylic acids is 1. The van der Waals surface area contributed by atoms with Crippen LogP contribution in [0.4, 0.5) is 5.69 Å². The summed E-state index contributed by atoms with van der Waals surface area (Å²) in [7, 11) is 0. The van der Waals surface area contributed by atoms with Crippen molar-refractivity contribution in [2.75, 3.05) is 5.32 Å². The van der Waals surface area contributed by atoms with E-state index in [-0.39, 0.29) is 17.2 Å². The molecule has 3 N–H and O–H groups in total. The molecule has 0 aliphatic rings. The van der Waals surface area contributed by atoms with Gasteiger partial charge in [0, 0.05) is 16.6 Å². The average Bonchev–Trinajstić information content (AvgIpc) is 2.79. The SMILES string of the molecule is CCc1sc(C(=O)Nc2ccc(C(=O)O)c(O)c2)cc1C. The van der Waals surface area contributed by atoms with Crippen LogP contribution >= 0.6 is 11.3 Å². The summed E-state index contributed by atoms with van der Waals surface area (Å²) in [5, 5.41) is 21.1. The van der Waals surface area contributed by atoms with Crippen molar-refractivity contribution in [1.82, 2.24) is 0 Å². The van der Waals surface area contributed by atoms with Crippen molar-refractivity contribution in [1.29, 1.82) is 0 Å². The van der Waals surface area contributed by atoms with Crippen molar-refractivity contribution in [2.24, 2.45) is 0 Å². The molecule has 0 atom stereocenters. The molecule has 1 aromatic carbocycles. The number of phenols is 1. The third-order valence-corrected chi connectivity index (χ3v) is 4.43. The van der Waals surface area contributed by atoms with Crippen LogP contribution in [0.2, 0.25) is 0 Å². The van der Waals surface area contributed by atoms with Gasteiger partial charge >= 0.3 is 5.97 Å². The fourth-order valence-electron chi connectivity index (χ4n) is 1.97. The van der Waals surface area contributed by atoms with E-state index in [0.717, 1.165) is 16.9 Å². The van der Waals surface area contributed by atoms with Gasteiger partial charge in [-0.1, -0.05) is 6.92 Å². The second-order valence-corrected chi connectivity index (χ2v) is 5.70. The van der Waals surface area contributed by atoms with Gasteiger partial charge in [0.2, 0.25) is 0 Å². The fraction of sp³-hybridized carbons (Fsp3) is 0.200. The van der Waals surface area contributed by atoms with Gasteiger partial charge < -0.3 is 15.5 Å². The fourth-order valence-corrected chi connectivity index (χ4v) is 2.97. The summed E-state index contributed by atoms with van der Waals surface area (Å²) in [6.45, 7) is 3.99. The molecule has 0 fully saturated rings. The van der Waals surface area contributed by atoms with Crippen LogP contribution in [0.5, 0.6) is 5.75 Å². The van der Waals surface area contributed by atoms with Crippen molar-refractivity contribution >= 4 is 28.9 Å². The molecule has 21 heavy (non-hydrogen) atoms. The highest BCUT2D eigenvalue weighted by atomic mass is 32.1. The molecule has 0 aliphatic carbocycles. The van der Waals surface area contributed by atoms with Gasteiger partial charge in [0.15, 0.2) is 0 Å². The first-order chi connectivity index (χ1) is 9.92. The van der Waals surface area contributed by atoms with Crippen molar-refractivity contribution < 1.29 is 19.8 Å². The molecule has 0 spiro atoms. The summed E-state index contributed by atoms with van der Waals surface area (Å²) < 4.78 is 0. The normalized spacial score (nSPS) is 10.4. The Morgan fingerprint density at radius 1 is 1.29 bits per heavy atom. The van der Waals surface area contributed by atoms with Crippen LogP contribution in [0, 0.1) is 6.92 Å². The Labute approximate surface area is 125 Å². The average molecular weight is 305 g/mol. The molecule has 0 bridgehead atoms. The Kier molecular flexibility index (Phi) is 4.28. The van der Waals surface area contributed by atoms with E-state index in [1.54, 1.807) is 0 Å². The van der Waals surface area contributed by atoms with Crippen molar-refractivity contribution in [3.63, 3.8) is 0 Å². The standard InChI is InChI=1S/C15H15NO4S/c1-3-12-8(2)6-13(21-12)14(18)16-9-4-5-10(15(19)20)11(17)7-9/h4-7,17H,3H2,1-2H3,(H,16,18)(H,19,20). The van der Waals surface area contributed by atoms with Crippen LogP contribution in [0.25, 0.3) is 0 Å². The molecule has 110 valence electrons. The zero-order chi connectivity index (χ0) is 15.6. The molecule has 0 saturated carbocycles. The molecule has 5 nitrogen and oxygen atoms in total. The Morgan fingerprint density at radius 3 is 2.52 bits per heavy atom. The number of hydrogen-bond donors (Lipinski definition) is 3. The van der Waals surface area contributed by atoms with Gasteiger partial charge in [-0.25, -0.2) is 4.79 Å². The van der Waals surface area contributed by atoms with E-state index < -0.39 is 5.97 Å². The maximum atomic E-state index is 12.1. The Hall–Kier alpha value is -2.34. The number of rotatable bonds is 4. The second-order valence-electron chi connectivity index (χ2n) is 4.56. The molecule has 0 unspecified atom stereocenters. The van der Waals surface area contributed by atoms with Crippen LogP contribution in [0.3, 0.4) is 0 Å². The number of benzene rings is 1. The summed E-state index contributed by atoms with van der Waals surface area (Å²) in [5.74, 6) is -1.87. The summed E-state index contributed by atoms with van der Waals surface area (Å²) in [4.78, 5) is 24.7. The van der Waals surface area contributed by atoms with E-state index in [4.69, 9.17) is 5.11 Å². The monoisotopic (exact) mass is 305 g/mol. The van der Waals surface area contributed by atoms with Crippen LogP contribution in [-0.4, -0.2) is 22.1 Å². The van der Waals surface area contributed by atoms with E-state index in [1.165, 1.54) is 29.5 Å². The van der Waals surface area contributed by atoms with Gasteiger partial charge in [-0.05, 0) is 37.1 Å². The molecule has 0 saturated heterocycles. The topological polar surface area (TPSA) is 86.6 Å². The van der Waals surface area contributed by atoms with Gasteiger partial charge in [-0.2, -0.15) is 0 Å². The minimum atomic E-state index is -1.22. The van der Waals surface area contributed by atoms with E-state index in [1.807, 2.05) is 19.9 Å². The van der Waals surface area contributed by atoms with E-state index in [2.05, 4.69) is 5.32 Å². The lowest BCUT2D eigenvalue weighted by Crippen LogP contribution is -2.10. The summed E-state index contributed by atoms with van der Waals surface area (Å²) in [5.41, 5.74) is 1.23. The van der Waals surface area contributed by atoms with Gasteiger partial charge in [-0.3, -0.25) is 4.79 Å². The molecule has 1 aromatic heterocycles. The quantitative estimate of drug-likeness (QED) is 0.809. The molecule has 6 heteroatoms. The first kappa shape index (κ1) is 15.1. The molecule has 2 rings (SSSR count). The van der Waals surface area contributed by atoms with Crippen molar-refractivity contribution in [2.45, 2.75) is 20.3 Å². The molecule has 1 amide bonds. The number of aromatic hydroxyl groups is 1. The van der Waals surface area contributed by atoms with Crippen LogP contribution in [-0.2, 0) is 6.42 Å². The smallest absolute Gasteiger partial charge is 0.339 e. The van der Waals surface area contributed by atoms with Crippen LogP contribution in [0.1, 0.15) is 37.4 Å². The first-order valence-corrected chi connectivity index (χ1v) is 7.21. The number of amides is 1. The molecule has 1 heterocycles. The van der Waals surface area contributed by atoms with Crippen LogP contribution in [0.15, 0.2) is 24.3 Å². The highest BCUT2D eigenvalue weighted by Crippen LogP contribution is 2.25. The number of carboxylic acids is 1. The van der Waals surface area contributed by atoms with E-state index in [0.29, 0.717) is 10.6 Å². The number of anilines is 1. The third kappa shape index (κ3) is 3.22. The summed E-state index contributed by atoms with van der Waals surface area (Å²) in [6.07, 6.45) is 0.873. The van der Waals surface area contributed by atoms with Gasteiger partial charge in [0.1, 0.15) is 11.3 Å². The lowest BCUT2D eigenvalue weighted by Gasteiger charge is -2.05. The predicted octanol–water partition coefficient (Wildman–Crippen LogP) is 3.28. The minimum absolute atomic E-state index is 0.201. The summed E-state index contributed by atoms with van der Waals surface area (Å²) in [6, 6.07) is 5.75. The first-order valence-electron chi connectivity index (χ1n) is 6.39. The zero-order valence-electron chi connectivity index (χ0n) is 11.6. The highest BCUT2D eigenvalue weighted by Gasteiger charge is 2.14. The Morgan fingerprint density at radius 2 is 2.00 bits per heavy atom. The van der Waals surface area contributed by atoms with Crippen molar-refractivity contribution in [3.05, 3.63) is 45.1 Å². The number of thiophene rings is 1. The molecule has 2 aromatic rings. The van der Waals surface area contributed by atoms with Crippen LogP contribution < -0.4 is 5.32 Å². The second kappa shape index (κ2) is 5.97. The summed E-state index contributed by atoms with van der Waals surface area (Å²) >= 11 is 1.43. The molecular weight excluding hydrogens is 290 g/mol. The number of hydrogen-bond acceptors (Lipinski definition) is 4. The number of carbonyl (C=O) groups excluding carboxylic acids is 1. The zero-order valence-corrected chi connectivity index (χ0v) is 12.5. The lowest BCUT2D eigenvalue weighted by atomic mass is 10.2. The lowest BCUT2D eigenvalue weighted by molar-refractivity contribution is 0.0693. The van der Waals surface area contributed by atoms with Gasteiger partial charge in [0.05, 0.1) is 4.88 Å². The number of carboxylic acid groups (broad SMARTS) is 1. The van der Waals surface area contributed by atoms with E-state index >= 15 is 0 Å².